The average Bonchev–Trinajstić information content (AvgIpc) is 2.90. The highest BCUT2D eigenvalue weighted by molar-refractivity contribution is 5.91. The van der Waals surface area contributed by atoms with Crippen LogP contribution in [0.1, 0.15) is 40.7 Å². The zero-order valence-corrected chi connectivity index (χ0v) is 20.2. The Morgan fingerprint density at radius 3 is 2.56 bits per heavy atom. The van der Waals surface area contributed by atoms with Gasteiger partial charge in [-0.1, -0.05) is 31.2 Å². The summed E-state index contributed by atoms with van der Waals surface area (Å²) in [6.45, 7) is 2.56. The molecule has 0 saturated carbocycles. The molecule has 0 saturated heterocycles. The number of hydrogen-bond acceptors (Lipinski definition) is 8. The van der Waals surface area contributed by atoms with Crippen molar-refractivity contribution in [1.82, 2.24) is 0 Å². The van der Waals surface area contributed by atoms with Gasteiger partial charge in [0.25, 0.3) is 0 Å². The summed E-state index contributed by atoms with van der Waals surface area (Å²) in [5.41, 5.74) is 8.08. The van der Waals surface area contributed by atoms with Gasteiger partial charge in [0.2, 0.25) is 5.88 Å². The number of nitrogens with zero attached hydrogens (tertiary/aromatic N) is 1. The van der Waals surface area contributed by atoms with Crippen LogP contribution in [-0.2, 0) is 0 Å². The molecule has 1 aliphatic rings. The molecule has 0 spiro atoms. The molecule has 0 fully saturated rings. The lowest BCUT2D eigenvalue weighted by Gasteiger charge is -2.28. The van der Waals surface area contributed by atoms with Gasteiger partial charge < -0.3 is 29.4 Å². The summed E-state index contributed by atoms with van der Waals surface area (Å²) in [7, 11) is 3.08. The van der Waals surface area contributed by atoms with Crippen molar-refractivity contribution >= 4 is 5.97 Å². The molecule has 8 heteroatoms. The average molecular weight is 487 g/mol. The third-order valence-corrected chi connectivity index (χ3v) is 5.69. The van der Waals surface area contributed by atoms with Gasteiger partial charge in [0.15, 0.2) is 11.5 Å². The fraction of sp³-hybridized carbons (Fsp3) is 0.214. The molecule has 3 aromatic carbocycles. The standard InChI is InChI=1S/C28H26N2O6/c1-4-13-34-18-8-5-7-17(14-18)28(31)35-19-11-12-20-24(15-19)36-27(30)22(16-29)25(20)21-9-6-10-23(32-2)26(21)33-3/h5-12,14-15,25H,4,13,30H2,1-3H3. The third-order valence-electron chi connectivity index (χ3n) is 5.69. The van der Waals surface area contributed by atoms with E-state index in [9.17, 15) is 10.1 Å². The second-order valence-corrected chi connectivity index (χ2v) is 7.97. The number of carbonyl (C=O) groups is 1. The fourth-order valence-electron chi connectivity index (χ4n) is 4.06. The molecule has 184 valence electrons. The molecule has 0 bridgehead atoms. The molecule has 0 aromatic heterocycles. The first-order valence-electron chi connectivity index (χ1n) is 11.4. The molecule has 3 aromatic rings. The van der Waals surface area contributed by atoms with Gasteiger partial charge in [0, 0.05) is 17.2 Å². The summed E-state index contributed by atoms with van der Waals surface area (Å²) in [6, 6.07) is 19.4. The number of hydrogen-bond donors (Lipinski definition) is 1. The summed E-state index contributed by atoms with van der Waals surface area (Å²) in [4.78, 5) is 12.8. The highest BCUT2D eigenvalue weighted by Crippen LogP contribution is 2.47. The first-order valence-corrected chi connectivity index (χ1v) is 11.4. The molecule has 0 amide bonds. The van der Waals surface area contributed by atoms with Crippen LogP contribution in [0.3, 0.4) is 0 Å². The minimum atomic E-state index is -0.569. The van der Waals surface area contributed by atoms with Gasteiger partial charge in [0.1, 0.15) is 28.9 Å². The Morgan fingerprint density at radius 2 is 1.83 bits per heavy atom. The van der Waals surface area contributed by atoms with Gasteiger partial charge in [0.05, 0.1) is 32.3 Å². The molecular formula is C28H26N2O6. The van der Waals surface area contributed by atoms with Crippen molar-refractivity contribution in [2.45, 2.75) is 19.3 Å². The van der Waals surface area contributed by atoms with Crippen LogP contribution in [0.15, 0.2) is 72.1 Å². The molecule has 0 radical (unpaired) electrons. The molecular weight excluding hydrogens is 460 g/mol. The lowest BCUT2D eigenvalue weighted by Crippen LogP contribution is -2.21. The number of rotatable bonds is 8. The maximum Gasteiger partial charge on any atom is 0.343 e. The van der Waals surface area contributed by atoms with Gasteiger partial charge >= 0.3 is 5.97 Å². The SMILES string of the molecule is CCCOc1cccc(C(=O)Oc2ccc3c(c2)OC(N)=C(C#N)C3c2cccc(OC)c2OC)c1. The van der Waals surface area contributed by atoms with E-state index >= 15 is 0 Å². The predicted molar refractivity (Wildman–Crippen MR) is 132 cm³/mol. The number of allylic oxidation sites excluding steroid dienone is 1. The minimum absolute atomic E-state index is 0.0378. The minimum Gasteiger partial charge on any atom is -0.494 e. The topological polar surface area (TPSA) is 113 Å². The van der Waals surface area contributed by atoms with Gasteiger partial charge in [-0.15, -0.1) is 0 Å². The molecule has 2 N–H and O–H groups in total. The second-order valence-electron chi connectivity index (χ2n) is 7.97. The Balaban J connectivity index is 1.68. The van der Waals surface area contributed by atoms with E-state index < -0.39 is 11.9 Å². The maximum absolute atomic E-state index is 12.8. The van der Waals surface area contributed by atoms with Crippen LogP contribution >= 0.6 is 0 Å². The Kier molecular flexibility index (Phi) is 7.31. The number of benzene rings is 3. The van der Waals surface area contributed by atoms with E-state index in [0.717, 1.165) is 6.42 Å². The van der Waals surface area contributed by atoms with E-state index in [-0.39, 0.29) is 17.2 Å². The van der Waals surface area contributed by atoms with Crippen molar-refractivity contribution in [2.75, 3.05) is 20.8 Å². The van der Waals surface area contributed by atoms with Crippen molar-refractivity contribution in [1.29, 1.82) is 5.26 Å². The van der Waals surface area contributed by atoms with Gasteiger partial charge in [-0.05, 0) is 36.8 Å². The Hall–Kier alpha value is -4.64. The van der Waals surface area contributed by atoms with Gasteiger partial charge in [-0.25, -0.2) is 4.79 Å². The molecule has 4 rings (SSSR count). The number of nitrogens with two attached hydrogens (primary N) is 1. The molecule has 1 unspecified atom stereocenters. The summed E-state index contributed by atoms with van der Waals surface area (Å²) < 4.78 is 28.0. The first-order chi connectivity index (χ1) is 17.5. The zero-order chi connectivity index (χ0) is 25.7. The van der Waals surface area contributed by atoms with Crippen LogP contribution in [0.25, 0.3) is 0 Å². The Morgan fingerprint density at radius 1 is 1.03 bits per heavy atom. The van der Waals surface area contributed by atoms with E-state index in [1.807, 2.05) is 19.1 Å². The third kappa shape index (κ3) is 4.77. The van der Waals surface area contributed by atoms with Crippen LogP contribution < -0.4 is 29.4 Å². The zero-order valence-electron chi connectivity index (χ0n) is 20.2. The molecule has 1 atom stereocenters. The molecule has 0 aliphatic carbocycles. The summed E-state index contributed by atoms with van der Waals surface area (Å²) in [5, 5.41) is 9.87. The second kappa shape index (κ2) is 10.7. The number of ether oxygens (including phenoxy) is 5. The van der Waals surface area contributed by atoms with E-state index in [0.29, 0.717) is 46.3 Å². The van der Waals surface area contributed by atoms with Crippen molar-refractivity contribution in [3.63, 3.8) is 0 Å². The molecule has 1 aliphatic heterocycles. The maximum atomic E-state index is 12.8. The van der Waals surface area contributed by atoms with E-state index in [2.05, 4.69) is 6.07 Å². The van der Waals surface area contributed by atoms with E-state index in [1.165, 1.54) is 7.11 Å². The number of fused-ring (bicyclic) bond motifs is 1. The van der Waals surface area contributed by atoms with Crippen LogP contribution in [0, 0.1) is 11.3 Å². The van der Waals surface area contributed by atoms with Crippen LogP contribution in [0.4, 0.5) is 0 Å². The highest BCUT2D eigenvalue weighted by atomic mass is 16.5. The van der Waals surface area contributed by atoms with Crippen molar-refractivity contribution in [2.24, 2.45) is 5.73 Å². The van der Waals surface area contributed by atoms with Crippen molar-refractivity contribution in [3.8, 4) is 34.8 Å². The van der Waals surface area contributed by atoms with E-state index in [4.69, 9.17) is 29.4 Å². The number of esters is 1. The normalized spacial score (nSPS) is 14.2. The summed E-state index contributed by atoms with van der Waals surface area (Å²) >= 11 is 0. The number of para-hydroxylation sites is 1. The van der Waals surface area contributed by atoms with Gasteiger partial charge in [-0.2, -0.15) is 5.26 Å². The highest BCUT2D eigenvalue weighted by Gasteiger charge is 2.33. The summed E-state index contributed by atoms with van der Waals surface area (Å²) in [6.07, 6.45) is 0.859. The smallest absolute Gasteiger partial charge is 0.343 e. The number of methoxy groups -OCH3 is 2. The first kappa shape index (κ1) is 24.5. The Bertz CT molecular complexity index is 1360. The molecule has 8 nitrogen and oxygen atoms in total. The van der Waals surface area contributed by atoms with Crippen LogP contribution in [0.2, 0.25) is 0 Å². The van der Waals surface area contributed by atoms with Crippen molar-refractivity contribution in [3.05, 3.63) is 88.8 Å². The number of carbonyl (C=O) groups excluding carboxylic acids is 1. The fourth-order valence-corrected chi connectivity index (χ4v) is 4.06. The van der Waals surface area contributed by atoms with Crippen LogP contribution in [-0.4, -0.2) is 26.8 Å². The van der Waals surface area contributed by atoms with Gasteiger partial charge in [-0.3, -0.25) is 0 Å². The van der Waals surface area contributed by atoms with Crippen LogP contribution in [0.5, 0.6) is 28.7 Å². The summed E-state index contributed by atoms with van der Waals surface area (Å²) in [5.74, 6) is 1.09. The lowest BCUT2D eigenvalue weighted by molar-refractivity contribution is 0.0734. The molecule has 36 heavy (non-hydrogen) atoms. The monoisotopic (exact) mass is 486 g/mol. The van der Waals surface area contributed by atoms with Crippen molar-refractivity contribution < 1.29 is 28.5 Å². The molecule has 1 heterocycles. The predicted octanol–water partition coefficient (Wildman–Crippen LogP) is 4.93. The largest absolute Gasteiger partial charge is 0.494 e. The lowest BCUT2D eigenvalue weighted by atomic mass is 9.83. The Labute approximate surface area is 209 Å². The quantitative estimate of drug-likeness (QED) is 0.352. The van der Waals surface area contributed by atoms with E-state index in [1.54, 1.807) is 55.6 Å². The number of nitriles is 1.